The first kappa shape index (κ1) is 25.1. The minimum Gasteiger partial charge on any atom is -0.469 e. The van der Waals surface area contributed by atoms with Gasteiger partial charge >= 0.3 is 5.97 Å². The lowest BCUT2D eigenvalue weighted by Crippen LogP contribution is -2.64. The highest BCUT2D eigenvalue weighted by Gasteiger charge is 2.68. The Balaban J connectivity index is 1.43. The van der Waals surface area contributed by atoms with Crippen LogP contribution >= 0.6 is 11.5 Å². The van der Waals surface area contributed by atoms with Crippen molar-refractivity contribution < 1.29 is 9.53 Å². The number of carbonyl (C=O) groups excluding carboxylic acids is 1. The summed E-state index contributed by atoms with van der Waals surface area (Å²) in [6, 6.07) is 0. The van der Waals surface area contributed by atoms with E-state index >= 15 is 0 Å². The third-order valence-electron chi connectivity index (χ3n) is 13.4. The molecule has 1 aromatic heterocycles. The van der Waals surface area contributed by atoms with E-state index in [-0.39, 0.29) is 33.0 Å². The van der Waals surface area contributed by atoms with Gasteiger partial charge < -0.3 is 4.74 Å². The van der Waals surface area contributed by atoms with E-state index in [9.17, 15) is 4.79 Å². The maximum Gasteiger partial charge on any atom is 0.311 e. The van der Waals surface area contributed by atoms with Gasteiger partial charge in [-0.3, -0.25) is 4.79 Å². The number of carbonyl (C=O) groups is 1. The zero-order valence-corrected chi connectivity index (χ0v) is 24.6. The molecule has 0 saturated heterocycles. The molecular formula is C31H46N2O2S. The van der Waals surface area contributed by atoms with Crippen molar-refractivity contribution in [1.29, 1.82) is 0 Å². The molecule has 198 valence electrons. The van der Waals surface area contributed by atoms with E-state index in [1.165, 1.54) is 42.7 Å². The summed E-state index contributed by atoms with van der Waals surface area (Å²) in [6.07, 6.45) is 13.2. The average Bonchev–Trinajstić information content (AvgIpc) is 3.29. The highest BCUT2D eigenvalue weighted by atomic mass is 32.1. The summed E-state index contributed by atoms with van der Waals surface area (Å²) in [5.74, 6) is 1.78. The molecule has 5 aliphatic rings. The van der Waals surface area contributed by atoms with Gasteiger partial charge in [0.15, 0.2) is 0 Å². The summed E-state index contributed by atoms with van der Waals surface area (Å²) in [5, 5.41) is 4.64. The molecule has 0 aromatic carbocycles. The molecule has 0 aliphatic heterocycles. The number of allylic oxidation sites excluding steroid dienone is 2. The Morgan fingerprint density at radius 1 is 1.00 bits per heavy atom. The molecule has 8 atom stereocenters. The van der Waals surface area contributed by atoms with Gasteiger partial charge in [0.1, 0.15) is 0 Å². The van der Waals surface area contributed by atoms with Crippen LogP contribution in [0.2, 0.25) is 0 Å². The Labute approximate surface area is 222 Å². The normalized spacial score (nSPS) is 48.9. The lowest BCUT2D eigenvalue weighted by Gasteiger charge is -2.70. The van der Waals surface area contributed by atoms with E-state index in [0.717, 1.165) is 25.7 Å². The number of methoxy groups -OCH3 is 1. The summed E-state index contributed by atoms with van der Waals surface area (Å²) in [6.45, 7) is 17.4. The van der Waals surface area contributed by atoms with Crippen molar-refractivity contribution in [3.63, 3.8) is 0 Å². The SMILES string of the molecule is COC(=O)[C@@]1(C)CC[C@]2(C)CC[C@]3(C)C(=CCC4[C@@]5(C)Cc6snnc6C(C)(C)C5CC[C@]43C)C2C1. The summed E-state index contributed by atoms with van der Waals surface area (Å²) in [5.41, 5.74) is 3.72. The van der Waals surface area contributed by atoms with Crippen molar-refractivity contribution in [2.75, 3.05) is 7.11 Å². The molecule has 0 amide bonds. The van der Waals surface area contributed by atoms with Crippen LogP contribution in [0.15, 0.2) is 11.6 Å². The fourth-order valence-electron chi connectivity index (χ4n) is 10.9. The number of esters is 1. The molecule has 5 aliphatic carbocycles. The second-order valence-corrected chi connectivity index (χ2v) is 16.0. The molecule has 1 aromatic rings. The van der Waals surface area contributed by atoms with E-state index in [1.54, 1.807) is 24.2 Å². The fraction of sp³-hybridized carbons (Fsp3) is 0.839. The van der Waals surface area contributed by atoms with Gasteiger partial charge in [-0.15, -0.1) is 5.10 Å². The van der Waals surface area contributed by atoms with Crippen molar-refractivity contribution in [3.8, 4) is 0 Å². The predicted molar refractivity (Wildman–Crippen MR) is 145 cm³/mol. The number of nitrogens with zero attached hydrogens (tertiary/aromatic N) is 2. The van der Waals surface area contributed by atoms with Crippen LogP contribution in [-0.2, 0) is 21.4 Å². The topological polar surface area (TPSA) is 52.1 Å². The maximum atomic E-state index is 12.9. The quantitative estimate of drug-likeness (QED) is 0.289. The van der Waals surface area contributed by atoms with Crippen molar-refractivity contribution in [1.82, 2.24) is 9.59 Å². The van der Waals surface area contributed by atoms with Crippen LogP contribution in [0.4, 0.5) is 0 Å². The van der Waals surface area contributed by atoms with E-state index in [4.69, 9.17) is 4.74 Å². The standard InChI is InChI=1S/C31H46N2O2S/c1-26(2)22-11-12-31(7)23(29(22,5)18-21-24(26)32-33-36-21)10-9-19-20-17-28(4,25(34)35-8)14-13-27(20,3)15-16-30(19,31)6/h9,20,22-23H,10-18H2,1-8H3/t20?,22?,23?,27-,28+,29+,30-,31-/m1/s1. The van der Waals surface area contributed by atoms with Crippen molar-refractivity contribution in [2.45, 2.75) is 112 Å². The highest BCUT2D eigenvalue weighted by Crippen LogP contribution is 2.75. The number of aromatic nitrogens is 2. The second kappa shape index (κ2) is 7.45. The lowest BCUT2D eigenvalue weighted by atomic mass is 9.34. The zero-order valence-electron chi connectivity index (χ0n) is 23.8. The van der Waals surface area contributed by atoms with Crippen LogP contribution in [0.25, 0.3) is 0 Å². The Bertz CT molecular complexity index is 1140. The summed E-state index contributed by atoms with van der Waals surface area (Å²) >= 11 is 1.64. The smallest absolute Gasteiger partial charge is 0.311 e. The molecule has 3 saturated carbocycles. The number of ether oxygens (including phenoxy) is 1. The van der Waals surface area contributed by atoms with E-state index in [2.05, 4.69) is 64.1 Å². The molecule has 0 N–H and O–H groups in total. The van der Waals surface area contributed by atoms with Gasteiger partial charge in [-0.2, -0.15) is 0 Å². The Kier molecular flexibility index (Phi) is 5.19. The second-order valence-electron chi connectivity index (χ2n) is 15.2. The Morgan fingerprint density at radius 3 is 2.44 bits per heavy atom. The molecule has 36 heavy (non-hydrogen) atoms. The number of hydrogen-bond acceptors (Lipinski definition) is 5. The average molecular weight is 511 g/mol. The number of fused-ring (bicyclic) bond motifs is 8. The van der Waals surface area contributed by atoms with Crippen LogP contribution in [0.1, 0.15) is 110 Å². The molecule has 3 fully saturated rings. The molecule has 0 radical (unpaired) electrons. The van der Waals surface area contributed by atoms with Crippen LogP contribution in [0.3, 0.4) is 0 Å². The van der Waals surface area contributed by atoms with Gasteiger partial charge in [0.25, 0.3) is 0 Å². The first-order chi connectivity index (χ1) is 16.8. The molecule has 4 nitrogen and oxygen atoms in total. The first-order valence-electron chi connectivity index (χ1n) is 14.4. The number of hydrogen-bond donors (Lipinski definition) is 0. The maximum absolute atomic E-state index is 12.9. The first-order valence-corrected chi connectivity index (χ1v) is 15.1. The Hall–Kier alpha value is -1.23. The van der Waals surface area contributed by atoms with Gasteiger partial charge in [-0.25, -0.2) is 0 Å². The summed E-state index contributed by atoms with van der Waals surface area (Å²) in [4.78, 5) is 14.3. The third-order valence-corrected chi connectivity index (χ3v) is 14.1. The van der Waals surface area contributed by atoms with Gasteiger partial charge in [-0.1, -0.05) is 57.7 Å². The molecule has 3 unspecified atom stereocenters. The van der Waals surface area contributed by atoms with Gasteiger partial charge in [0.2, 0.25) is 0 Å². The minimum atomic E-state index is -0.359. The lowest BCUT2D eigenvalue weighted by molar-refractivity contribution is -0.168. The molecule has 6 rings (SSSR count). The van der Waals surface area contributed by atoms with Crippen LogP contribution in [0.5, 0.6) is 0 Å². The van der Waals surface area contributed by atoms with Crippen molar-refractivity contribution >= 4 is 17.5 Å². The van der Waals surface area contributed by atoms with Gasteiger partial charge in [0.05, 0.1) is 18.2 Å². The third kappa shape index (κ3) is 2.90. The van der Waals surface area contributed by atoms with E-state index in [0.29, 0.717) is 23.2 Å². The summed E-state index contributed by atoms with van der Waals surface area (Å²) < 4.78 is 9.74. The molecule has 1 heterocycles. The predicted octanol–water partition coefficient (Wildman–Crippen LogP) is 7.53. The molecule has 5 heteroatoms. The van der Waals surface area contributed by atoms with Gasteiger partial charge in [-0.05, 0) is 116 Å². The molecule has 0 bridgehead atoms. The summed E-state index contributed by atoms with van der Waals surface area (Å²) in [7, 11) is 1.56. The largest absolute Gasteiger partial charge is 0.469 e. The van der Waals surface area contributed by atoms with E-state index in [1.807, 2.05) is 0 Å². The van der Waals surface area contributed by atoms with Crippen LogP contribution in [-0.4, -0.2) is 22.7 Å². The van der Waals surface area contributed by atoms with E-state index < -0.39 is 0 Å². The van der Waals surface area contributed by atoms with Gasteiger partial charge in [0, 0.05) is 10.3 Å². The van der Waals surface area contributed by atoms with Crippen LogP contribution in [0, 0.1) is 44.8 Å². The Morgan fingerprint density at radius 2 is 1.72 bits per heavy atom. The van der Waals surface area contributed by atoms with Crippen molar-refractivity contribution in [3.05, 3.63) is 22.2 Å². The molecular weight excluding hydrogens is 464 g/mol. The fourth-order valence-corrected chi connectivity index (χ4v) is 11.9. The van der Waals surface area contributed by atoms with Crippen LogP contribution < -0.4 is 0 Å². The minimum absolute atomic E-state index is 0.0104. The van der Waals surface area contributed by atoms with Crippen molar-refractivity contribution in [2.24, 2.45) is 44.8 Å². The molecule has 0 spiro atoms. The highest BCUT2D eigenvalue weighted by molar-refractivity contribution is 7.05. The number of rotatable bonds is 1. The zero-order chi connectivity index (χ0) is 25.9. The monoisotopic (exact) mass is 510 g/mol.